The summed E-state index contributed by atoms with van der Waals surface area (Å²) in [6.07, 6.45) is 2.95. The van der Waals surface area contributed by atoms with Crippen molar-refractivity contribution < 1.29 is 9.53 Å². The smallest absolute Gasteiger partial charge is 0.225 e. The SMILES string of the molecule is COCCC(=O)N(CC1CCCNC1)C(C)C. The van der Waals surface area contributed by atoms with Gasteiger partial charge in [0.05, 0.1) is 13.0 Å². The number of methoxy groups -OCH3 is 1. The van der Waals surface area contributed by atoms with Gasteiger partial charge in [-0.15, -0.1) is 0 Å². The predicted octanol–water partition coefficient (Wildman–Crippen LogP) is 1.26. The molecule has 1 atom stereocenters. The third-order valence-corrected chi connectivity index (χ3v) is 3.32. The zero-order chi connectivity index (χ0) is 12.7. The van der Waals surface area contributed by atoms with Crippen molar-refractivity contribution >= 4 is 5.91 Å². The maximum atomic E-state index is 12.0. The molecule has 100 valence electrons. The molecule has 1 amide bonds. The van der Waals surface area contributed by atoms with E-state index in [1.165, 1.54) is 12.8 Å². The molecular formula is C13H26N2O2. The summed E-state index contributed by atoms with van der Waals surface area (Å²) in [5, 5.41) is 3.40. The van der Waals surface area contributed by atoms with E-state index in [9.17, 15) is 4.79 Å². The van der Waals surface area contributed by atoms with Gasteiger partial charge in [-0.25, -0.2) is 0 Å². The lowest BCUT2D eigenvalue weighted by Gasteiger charge is -2.33. The van der Waals surface area contributed by atoms with Gasteiger partial charge in [0.1, 0.15) is 0 Å². The molecule has 1 N–H and O–H groups in total. The summed E-state index contributed by atoms with van der Waals surface area (Å²) in [5.74, 6) is 0.824. The maximum Gasteiger partial charge on any atom is 0.225 e. The molecule has 0 spiro atoms. The average Bonchev–Trinajstić information content (AvgIpc) is 2.34. The highest BCUT2D eigenvalue weighted by Crippen LogP contribution is 2.14. The minimum atomic E-state index is 0.215. The van der Waals surface area contributed by atoms with E-state index in [1.54, 1.807) is 7.11 Å². The Labute approximate surface area is 105 Å². The standard InChI is InChI=1S/C13H26N2O2/c1-11(2)15(13(16)6-8-17-3)10-12-5-4-7-14-9-12/h11-12,14H,4-10H2,1-3H3. The molecule has 0 saturated carbocycles. The number of ether oxygens (including phenoxy) is 1. The van der Waals surface area contributed by atoms with E-state index in [-0.39, 0.29) is 11.9 Å². The summed E-state index contributed by atoms with van der Waals surface area (Å²) >= 11 is 0. The van der Waals surface area contributed by atoms with Crippen LogP contribution in [0.4, 0.5) is 0 Å². The van der Waals surface area contributed by atoms with Crippen LogP contribution in [0.2, 0.25) is 0 Å². The summed E-state index contributed by atoms with van der Waals surface area (Å²) in [6.45, 7) is 7.73. The highest BCUT2D eigenvalue weighted by atomic mass is 16.5. The van der Waals surface area contributed by atoms with Gasteiger partial charge in [0.25, 0.3) is 0 Å². The molecule has 1 aliphatic rings. The van der Waals surface area contributed by atoms with Gasteiger partial charge in [-0.3, -0.25) is 4.79 Å². The van der Waals surface area contributed by atoms with Gasteiger partial charge in [0.15, 0.2) is 0 Å². The highest BCUT2D eigenvalue weighted by Gasteiger charge is 2.22. The van der Waals surface area contributed by atoms with Gasteiger partial charge < -0.3 is 15.0 Å². The Hall–Kier alpha value is -0.610. The fourth-order valence-corrected chi connectivity index (χ4v) is 2.29. The molecule has 1 unspecified atom stereocenters. The van der Waals surface area contributed by atoms with E-state index in [2.05, 4.69) is 19.2 Å². The van der Waals surface area contributed by atoms with Crippen LogP contribution in [0, 0.1) is 5.92 Å². The third-order valence-electron chi connectivity index (χ3n) is 3.32. The number of rotatable bonds is 6. The van der Waals surface area contributed by atoms with Gasteiger partial charge in [-0.2, -0.15) is 0 Å². The number of nitrogens with zero attached hydrogens (tertiary/aromatic N) is 1. The third kappa shape index (κ3) is 5.04. The van der Waals surface area contributed by atoms with Crippen molar-refractivity contribution in [1.82, 2.24) is 10.2 Å². The first kappa shape index (κ1) is 14.5. The zero-order valence-corrected chi connectivity index (χ0v) is 11.4. The van der Waals surface area contributed by atoms with Gasteiger partial charge in [0, 0.05) is 19.7 Å². The minimum Gasteiger partial charge on any atom is -0.384 e. The lowest BCUT2D eigenvalue weighted by Crippen LogP contribution is -2.44. The molecule has 0 radical (unpaired) electrons. The van der Waals surface area contributed by atoms with Crippen molar-refractivity contribution in [2.24, 2.45) is 5.92 Å². The Morgan fingerprint density at radius 3 is 2.82 bits per heavy atom. The molecule has 0 bridgehead atoms. The van der Waals surface area contributed by atoms with Crippen LogP contribution in [0.1, 0.15) is 33.1 Å². The lowest BCUT2D eigenvalue weighted by molar-refractivity contribution is -0.134. The number of amides is 1. The van der Waals surface area contributed by atoms with Crippen LogP contribution in [0.15, 0.2) is 0 Å². The van der Waals surface area contributed by atoms with Gasteiger partial charge >= 0.3 is 0 Å². The summed E-state index contributed by atoms with van der Waals surface area (Å²) in [6, 6.07) is 0.279. The molecule has 4 heteroatoms. The van der Waals surface area contributed by atoms with E-state index < -0.39 is 0 Å². The first-order chi connectivity index (χ1) is 8.15. The van der Waals surface area contributed by atoms with Crippen molar-refractivity contribution in [1.29, 1.82) is 0 Å². The topological polar surface area (TPSA) is 41.6 Å². The number of carbonyl (C=O) groups is 1. The summed E-state index contributed by atoms with van der Waals surface area (Å²) in [4.78, 5) is 14.0. The molecule has 0 aromatic carbocycles. The Morgan fingerprint density at radius 1 is 1.53 bits per heavy atom. The number of nitrogens with one attached hydrogen (secondary N) is 1. The second-order valence-electron chi connectivity index (χ2n) is 5.10. The van der Waals surface area contributed by atoms with E-state index >= 15 is 0 Å². The summed E-state index contributed by atoms with van der Waals surface area (Å²) in [7, 11) is 1.64. The van der Waals surface area contributed by atoms with E-state index in [1.807, 2.05) is 4.90 Å². The Kier molecular flexibility index (Phi) is 6.52. The molecule has 1 aliphatic heterocycles. The molecule has 17 heavy (non-hydrogen) atoms. The second-order valence-corrected chi connectivity index (χ2v) is 5.10. The van der Waals surface area contributed by atoms with Crippen LogP contribution in [0.3, 0.4) is 0 Å². The molecule has 1 fully saturated rings. The van der Waals surface area contributed by atoms with Crippen LogP contribution in [-0.4, -0.2) is 50.2 Å². The largest absolute Gasteiger partial charge is 0.384 e. The van der Waals surface area contributed by atoms with Crippen LogP contribution in [0.25, 0.3) is 0 Å². The quantitative estimate of drug-likeness (QED) is 0.762. The predicted molar refractivity (Wildman–Crippen MR) is 68.9 cm³/mol. The number of piperidine rings is 1. The fourth-order valence-electron chi connectivity index (χ4n) is 2.29. The maximum absolute atomic E-state index is 12.0. The molecule has 4 nitrogen and oxygen atoms in total. The first-order valence-electron chi connectivity index (χ1n) is 6.64. The van der Waals surface area contributed by atoms with Crippen LogP contribution < -0.4 is 5.32 Å². The van der Waals surface area contributed by atoms with Crippen molar-refractivity contribution in [3.63, 3.8) is 0 Å². The average molecular weight is 242 g/mol. The molecule has 1 rings (SSSR count). The van der Waals surface area contributed by atoms with Crippen molar-refractivity contribution in [2.45, 2.75) is 39.2 Å². The highest BCUT2D eigenvalue weighted by molar-refractivity contribution is 5.76. The first-order valence-corrected chi connectivity index (χ1v) is 6.64. The molecule has 1 saturated heterocycles. The normalized spacial score (nSPS) is 20.6. The summed E-state index contributed by atoms with van der Waals surface area (Å²) < 4.78 is 4.97. The monoisotopic (exact) mass is 242 g/mol. The van der Waals surface area contributed by atoms with Crippen molar-refractivity contribution in [3.8, 4) is 0 Å². The minimum absolute atomic E-state index is 0.215. The number of carbonyl (C=O) groups excluding carboxylic acids is 1. The number of hydrogen-bond donors (Lipinski definition) is 1. The molecular weight excluding hydrogens is 216 g/mol. The van der Waals surface area contributed by atoms with E-state index in [0.29, 0.717) is 18.9 Å². The Balaban J connectivity index is 2.43. The van der Waals surface area contributed by atoms with Gasteiger partial charge in [0.2, 0.25) is 5.91 Å². The van der Waals surface area contributed by atoms with E-state index in [0.717, 1.165) is 19.6 Å². The van der Waals surface area contributed by atoms with Crippen LogP contribution >= 0.6 is 0 Å². The Bertz CT molecular complexity index is 225. The molecule has 0 aromatic heterocycles. The van der Waals surface area contributed by atoms with Crippen LogP contribution in [-0.2, 0) is 9.53 Å². The molecule has 0 aromatic rings. The summed E-state index contributed by atoms with van der Waals surface area (Å²) in [5.41, 5.74) is 0. The fraction of sp³-hybridized carbons (Fsp3) is 0.923. The van der Waals surface area contributed by atoms with Gasteiger partial charge in [-0.1, -0.05) is 0 Å². The zero-order valence-electron chi connectivity index (χ0n) is 11.4. The molecule has 0 aliphatic carbocycles. The van der Waals surface area contributed by atoms with Crippen molar-refractivity contribution in [3.05, 3.63) is 0 Å². The van der Waals surface area contributed by atoms with E-state index in [4.69, 9.17) is 4.74 Å². The van der Waals surface area contributed by atoms with Crippen molar-refractivity contribution in [2.75, 3.05) is 33.4 Å². The second kappa shape index (κ2) is 7.67. The van der Waals surface area contributed by atoms with Crippen LogP contribution in [0.5, 0.6) is 0 Å². The van der Waals surface area contributed by atoms with Gasteiger partial charge in [-0.05, 0) is 45.7 Å². The lowest BCUT2D eigenvalue weighted by atomic mass is 9.98. The Morgan fingerprint density at radius 2 is 2.29 bits per heavy atom. The number of hydrogen-bond acceptors (Lipinski definition) is 3. The molecule has 1 heterocycles.